The Morgan fingerprint density at radius 1 is 1.23 bits per heavy atom. The molecule has 2 aromatic heterocycles. The van der Waals surface area contributed by atoms with Crippen LogP contribution in [0.3, 0.4) is 0 Å². The fourth-order valence-corrected chi connectivity index (χ4v) is 4.97. The first-order valence-electron chi connectivity index (χ1n) is 9.56. The predicted molar refractivity (Wildman–Crippen MR) is 127 cm³/mol. The summed E-state index contributed by atoms with van der Waals surface area (Å²) >= 11 is 7.78. The number of amides is 2. The van der Waals surface area contributed by atoms with E-state index >= 15 is 0 Å². The van der Waals surface area contributed by atoms with Gasteiger partial charge in [-0.25, -0.2) is 0 Å². The molecular weight excluding hydrogens is 452 g/mol. The van der Waals surface area contributed by atoms with Gasteiger partial charge in [0.2, 0.25) is 11.0 Å². The van der Waals surface area contributed by atoms with Crippen molar-refractivity contribution in [1.82, 2.24) is 15.1 Å². The second-order valence-corrected chi connectivity index (χ2v) is 9.37. The molecule has 1 aliphatic rings. The highest BCUT2D eigenvalue weighted by atomic mass is 32.2. The summed E-state index contributed by atoms with van der Waals surface area (Å²) in [7, 11) is 0. The lowest BCUT2D eigenvalue weighted by molar-refractivity contribution is -0.126. The van der Waals surface area contributed by atoms with Crippen LogP contribution in [-0.2, 0) is 16.0 Å². The van der Waals surface area contributed by atoms with Gasteiger partial charge in [0.25, 0.3) is 5.91 Å². The summed E-state index contributed by atoms with van der Waals surface area (Å²) in [6.45, 7) is 1.87. The van der Waals surface area contributed by atoms with Crippen molar-refractivity contribution < 1.29 is 14.0 Å². The number of thiocarbonyl (C=S) groups is 1. The van der Waals surface area contributed by atoms with Gasteiger partial charge in [0.15, 0.2) is 0 Å². The quantitative estimate of drug-likeness (QED) is 0.399. The second-order valence-electron chi connectivity index (χ2n) is 6.64. The number of furan rings is 1. The van der Waals surface area contributed by atoms with Crippen molar-refractivity contribution in [2.75, 3.05) is 11.9 Å². The first kappa shape index (κ1) is 21.4. The normalized spacial score (nSPS) is 15.1. The number of nitrogens with one attached hydrogen (secondary N) is 1. The predicted octanol–water partition coefficient (Wildman–Crippen LogP) is 4.59. The standard InChI is InChI=1S/C21H18N4O3S3/c1-2-6-18-23-24-20(31-18)22-17(26)12-25-19(27)16(30-21(25)29)11-14-9-10-15(28-14)13-7-4-3-5-8-13/h3-5,7-11H,2,6,12H2,1H3,(H,22,24,26)/b16-11-. The van der Waals surface area contributed by atoms with Gasteiger partial charge < -0.3 is 4.42 Å². The Kier molecular flexibility index (Phi) is 6.59. The number of hydrogen-bond donors (Lipinski definition) is 1. The topological polar surface area (TPSA) is 88.3 Å². The van der Waals surface area contributed by atoms with Crippen LogP contribution in [0, 0.1) is 0 Å². The van der Waals surface area contributed by atoms with Crippen LogP contribution in [0.25, 0.3) is 17.4 Å². The molecule has 158 valence electrons. The summed E-state index contributed by atoms with van der Waals surface area (Å²) in [6.07, 6.45) is 3.41. The smallest absolute Gasteiger partial charge is 0.266 e. The van der Waals surface area contributed by atoms with E-state index in [1.165, 1.54) is 16.2 Å². The number of rotatable bonds is 7. The number of carbonyl (C=O) groups excluding carboxylic acids is 2. The maximum atomic E-state index is 12.8. The second kappa shape index (κ2) is 9.54. The zero-order valence-corrected chi connectivity index (χ0v) is 19.0. The number of thioether (sulfide) groups is 1. The monoisotopic (exact) mass is 470 g/mol. The highest BCUT2D eigenvalue weighted by Crippen LogP contribution is 2.33. The molecule has 7 nitrogen and oxygen atoms in total. The maximum absolute atomic E-state index is 12.8. The van der Waals surface area contributed by atoms with E-state index in [-0.39, 0.29) is 18.4 Å². The third-order valence-electron chi connectivity index (χ3n) is 4.31. The highest BCUT2D eigenvalue weighted by Gasteiger charge is 2.33. The molecule has 10 heteroatoms. The molecule has 1 N–H and O–H groups in total. The van der Waals surface area contributed by atoms with Crippen molar-refractivity contribution in [2.45, 2.75) is 19.8 Å². The van der Waals surface area contributed by atoms with Crippen molar-refractivity contribution in [2.24, 2.45) is 0 Å². The molecule has 1 fully saturated rings. The highest BCUT2D eigenvalue weighted by molar-refractivity contribution is 8.26. The first-order chi connectivity index (χ1) is 15.0. The van der Waals surface area contributed by atoms with E-state index in [2.05, 4.69) is 15.5 Å². The number of benzene rings is 1. The van der Waals surface area contributed by atoms with Gasteiger partial charge in [0, 0.05) is 18.1 Å². The molecule has 0 bridgehead atoms. The van der Waals surface area contributed by atoms with E-state index in [0.717, 1.165) is 35.2 Å². The molecule has 2 amide bonds. The Morgan fingerprint density at radius 2 is 2.03 bits per heavy atom. The SMILES string of the molecule is CCCc1nnc(NC(=O)CN2C(=O)/C(=C/c3ccc(-c4ccccc4)o3)SC2=S)s1. The van der Waals surface area contributed by atoms with Gasteiger partial charge in [0.05, 0.1) is 4.91 Å². The van der Waals surface area contributed by atoms with Gasteiger partial charge >= 0.3 is 0 Å². The van der Waals surface area contributed by atoms with Crippen LogP contribution in [0.15, 0.2) is 51.8 Å². The molecule has 3 aromatic rings. The fraction of sp³-hybridized carbons (Fsp3) is 0.190. The third-order valence-corrected chi connectivity index (χ3v) is 6.59. The molecule has 4 rings (SSSR count). The number of hydrogen-bond acceptors (Lipinski definition) is 8. The molecule has 0 aliphatic carbocycles. The number of nitrogens with zero attached hydrogens (tertiary/aromatic N) is 3. The van der Waals surface area contributed by atoms with Crippen molar-refractivity contribution >= 4 is 62.7 Å². The van der Waals surface area contributed by atoms with Crippen LogP contribution in [0.1, 0.15) is 24.1 Å². The van der Waals surface area contributed by atoms with E-state index in [1.807, 2.05) is 43.3 Å². The minimum Gasteiger partial charge on any atom is -0.457 e. The summed E-state index contributed by atoms with van der Waals surface area (Å²) in [5.74, 6) is 0.551. The molecule has 31 heavy (non-hydrogen) atoms. The number of aromatic nitrogens is 2. The molecule has 1 saturated heterocycles. The molecule has 0 saturated carbocycles. The van der Waals surface area contributed by atoms with Crippen molar-refractivity contribution in [3.8, 4) is 11.3 Å². The van der Waals surface area contributed by atoms with E-state index in [0.29, 0.717) is 25.9 Å². The maximum Gasteiger partial charge on any atom is 0.266 e. The van der Waals surface area contributed by atoms with Crippen LogP contribution in [0.5, 0.6) is 0 Å². The van der Waals surface area contributed by atoms with Crippen molar-refractivity contribution in [3.63, 3.8) is 0 Å². The molecular formula is C21H18N4O3S3. The summed E-state index contributed by atoms with van der Waals surface area (Å²) in [5.41, 5.74) is 0.949. The van der Waals surface area contributed by atoms with Gasteiger partial charge in [-0.1, -0.05) is 72.6 Å². The van der Waals surface area contributed by atoms with E-state index in [4.69, 9.17) is 16.6 Å². The fourth-order valence-electron chi connectivity index (χ4n) is 2.87. The third kappa shape index (κ3) is 5.09. The molecule has 3 heterocycles. The van der Waals surface area contributed by atoms with Crippen LogP contribution in [0.4, 0.5) is 5.13 Å². The van der Waals surface area contributed by atoms with Gasteiger partial charge in [-0.15, -0.1) is 10.2 Å². The minimum absolute atomic E-state index is 0.182. The van der Waals surface area contributed by atoms with Gasteiger partial charge in [-0.3, -0.25) is 19.8 Å². The molecule has 0 spiro atoms. The lowest BCUT2D eigenvalue weighted by Gasteiger charge is -2.12. The Balaban J connectivity index is 1.41. The lowest BCUT2D eigenvalue weighted by atomic mass is 10.2. The zero-order chi connectivity index (χ0) is 21.8. The van der Waals surface area contributed by atoms with Crippen molar-refractivity contribution in [1.29, 1.82) is 0 Å². The molecule has 1 aromatic carbocycles. The molecule has 0 radical (unpaired) electrons. The van der Waals surface area contributed by atoms with Crippen LogP contribution in [0.2, 0.25) is 0 Å². The minimum atomic E-state index is -0.374. The van der Waals surface area contributed by atoms with Gasteiger partial charge in [-0.2, -0.15) is 0 Å². The summed E-state index contributed by atoms with van der Waals surface area (Å²) < 4.78 is 6.16. The van der Waals surface area contributed by atoms with Crippen LogP contribution < -0.4 is 5.32 Å². The molecule has 1 aliphatic heterocycles. The lowest BCUT2D eigenvalue weighted by Crippen LogP contribution is -2.36. The molecule has 0 atom stereocenters. The average molecular weight is 471 g/mol. The van der Waals surface area contributed by atoms with Crippen LogP contribution in [-0.4, -0.2) is 37.8 Å². The van der Waals surface area contributed by atoms with E-state index < -0.39 is 0 Å². The Bertz CT molecular complexity index is 1150. The van der Waals surface area contributed by atoms with Crippen LogP contribution >= 0.6 is 35.3 Å². The molecule has 0 unspecified atom stereocenters. The largest absolute Gasteiger partial charge is 0.457 e. The Hall–Kier alpha value is -2.82. The van der Waals surface area contributed by atoms with E-state index in [1.54, 1.807) is 12.1 Å². The first-order valence-corrected chi connectivity index (χ1v) is 11.6. The summed E-state index contributed by atoms with van der Waals surface area (Å²) in [6, 6.07) is 13.3. The average Bonchev–Trinajstić information content (AvgIpc) is 3.46. The summed E-state index contributed by atoms with van der Waals surface area (Å²) in [4.78, 5) is 26.8. The van der Waals surface area contributed by atoms with Crippen molar-refractivity contribution in [3.05, 3.63) is 58.1 Å². The number of carbonyl (C=O) groups is 2. The number of anilines is 1. The Morgan fingerprint density at radius 3 is 2.81 bits per heavy atom. The van der Waals surface area contributed by atoms with Gasteiger partial charge in [0.1, 0.15) is 27.4 Å². The number of aryl methyl sites for hydroxylation is 1. The van der Waals surface area contributed by atoms with Gasteiger partial charge in [-0.05, 0) is 18.6 Å². The zero-order valence-electron chi connectivity index (χ0n) is 16.5. The Labute approximate surface area is 192 Å². The van der Waals surface area contributed by atoms with E-state index in [9.17, 15) is 9.59 Å². The summed E-state index contributed by atoms with van der Waals surface area (Å²) in [5, 5.41) is 11.9.